The molecule has 0 aliphatic heterocycles. The molecule has 1 aromatic carbocycles. The highest BCUT2D eigenvalue weighted by Gasteiger charge is 2.08. The molecule has 0 atom stereocenters. The van der Waals surface area contributed by atoms with Crippen LogP contribution in [0.25, 0.3) is 0 Å². The van der Waals surface area contributed by atoms with E-state index in [-0.39, 0.29) is 0 Å². The summed E-state index contributed by atoms with van der Waals surface area (Å²) in [6, 6.07) is 7.49. The van der Waals surface area contributed by atoms with Crippen LogP contribution < -0.4 is 14.8 Å². The Hall–Kier alpha value is -2.77. The minimum Gasteiger partial charge on any atom is -0.497 e. The summed E-state index contributed by atoms with van der Waals surface area (Å²) in [5.41, 5.74) is 0. The Kier molecular flexibility index (Phi) is 6.41. The number of aryl methyl sites for hydroxylation is 1. The maximum absolute atomic E-state index is 5.72. The van der Waals surface area contributed by atoms with E-state index in [0.717, 1.165) is 17.5 Å². The summed E-state index contributed by atoms with van der Waals surface area (Å²) in [5, 5.41) is 7.02. The maximum Gasteiger partial charge on any atom is 0.223 e. The number of methoxy groups -OCH3 is 1. The summed E-state index contributed by atoms with van der Waals surface area (Å²) < 4.78 is 15.8. The lowest BCUT2D eigenvalue weighted by molar-refractivity contribution is 0.280. The van der Waals surface area contributed by atoms with Crippen LogP contribution in [0.2, 0.25) is 0 Å². The summed E-state index contributed by atoms with van der Waals surface area (Å²) in [5.74, 6) is 3.48. The molecule has 0 saturated heterocycles. The average Bonchev–Trinajstić information content (AvgIpc) is 3.01. The van der Waals surface area contributed by atoms with Crippen LogP contribution in [-0.4, -0.2) is 55.4 Å². The second-order valence-corrected chi connectivity index (χ2v) is 5.08. The highest BCUT2D eigenvalue weighted by molar-refractivity contribution is 5.79. The fourth-order valence-corrected chi connectivity index (χ4v) is 2.03. The Morgan fingerprint density at radius 1 is 1.29 bits per heavy atom. The second kappa shape index (κ2) is 8.76. The van der Waals surface area contributed by atoms with Gasteiger partial charge in [-0.2, -0.15) is 4.98 Å². The number of hydrogen-bond donors (Lipinski definition) is 1. The van der Waals surface area contributed by atoms with Crippen molar-refractivity contribution in [3.05, 3.63) is 36.0 Å². The summed E-state index contributed by atoms with van der Waals surface area (Å²) in [6.07, 6.45) is 0. The zero-order valence-electron chi connectivity index (χ0n) is 14.4. The lowest BCUT2D eigenvalue weighted by Crippen LogP contribution is -2.40. The van der Waals surface area contributed by atoms with Crippen molar-refractivity contribution in [2.45, 2.75) is 13.5 Å². The number of likely N-dealkylation sites (N-methyl/N-ethyl adjacent to an activating group) is 1. The number of benzene rings is 1. The van der Waals surface area contributed by atoms with Gasteiger partial charge < -0.3 is 24.2 Å². The van der Waals surface area contributed by atoms with Crippen LogP contribution in [0.5, 0.6) is 11.5 Å². The van der Waals surface area contributed by atoms with Crippen molar-refractivity contribution in [2.75, 3.05) is 34.4 Å². The molecule has 24 heavy (non-hydrogen) atoms. The molecule has 0 unspecified atom stereocenters. The highest BCUT2D eigenvalue weighted by Crippen LogP contribution is 2.16. The summed E-state index contributed by atoms with van der Waals surface area (Å²) in [6.45, 7) is 3.42. The zero-order chi connectivity index (χ0) is 17.4. The molecular formula is C16H23N5O3. The molecule has 2 aromatic rings. The normalized spacial score (nSPS) is 11.2. The number of rotatable bonds is 7. The Labute approximate surface area is 141 Å². The third-order valence-electron chi connectivity index (χ3n) is 3.30. The average molecular weight is 333 g/mol. The highest BCUT2D eigenvalue weighted by atomic mass is 16.5. The summed E-state index contributed by atoms with van der Waals surface area (Å²) in [7, 11) is 5.30. The second-order valence-electron chi connectivity index (χ2n) is 5.08. The first kappa shape index (κ1) is 17.6. The van der Waals surface area contributed by atoms with Gasteiger partial charge in [0.25, 0.3) is 0 Å². The van der Waals surface area contributed by atoms with Crippen molar-refractivity contribution in [1.82, 2.24) is 20.4 Å². The first-order chi connectivity index (χ1) is 11.6. The Balaban J connectivity index is 1.75. The van der Waals surface area contributed by atoms with Gasteiger partial charge in [0.15, 0.2) is 11.8 Å². The molecular weight excluding hydrogens is 310 g/mol. The zero-order valence-corrected chi connectivity index (χ0v) is 14.4. The summed E-state index contributed by atoms with van der Waals surface area (Å²) >= 11 is 0. The predicted molar refractivity (Wildman–Crippen MR) is 90.4 cm³/mol. The van der Waals surface area contributed by atoms with Gasteiger partial charge in [0.1, 0.15) is 18.1 Å². The fraction of sp³-hybridized carbons (Fsp3) is 0.438. The van der Waals surface area contributed by atoms with Gasteiger partial charge in [0.2, 0.25) is 5.89 Å². The Morgan fingerprint density at radius 2 is 2.00 bits per heavy atom. The molecule has 8 nitrogen and oxygen atoms in total. The van der Waals surface area contributed by atoms with Crippen LogP contribution in [0.15, 0.2) is 33.8 Å². The molecule has 0 aliphatic carbocycles. The topological polar surface area (TPSA) is 85.0 Å². The largest absolute Gasteiger partial charge is 0.497 e. The monoisotopic (exact) mass is 333 g/mol. The first-order valence-electron chi connectivity index (χ1n) is 7.60. The van der Waals surface area contributed by atoms with E-state index in [0.29, 0.717) is 31.4 Å². The van der Waals surface area contributed by atoms with Crippen molar-refractivity contribution >= 4 is 5.96 Å². The number of aromatic nitrogens is 2. The lowest BCUT2D eigenvalue weighted by atomic mass is 10.3. The third-order valence-corrected chi connectivity index (χ3v) is 3.30. The lowest BCUT2D eigenvalue weighted by Gasteiger charge is -2.21. The van der Waals surface area contributed by atoms with Crippen LogP contribution >= 0.6 is 0 Å². The third kappa shape index (κ3) is 5.15. The minimum atomic E-state index is 0.452. The molecule has 0 aliphatic rings. The van der Waals surface area contributed by atoms with E-state index in [1.54, 1.807) is 21.1 Å². The van der Waals surface area contributed by atoms with E-state index < -0.39 is 0 Å². The first-order valence-corrected chi connectivity index (χ1v) is 7.60. The van der Waals surface area contributed by atoms with Gasteiger partial charge >= 0.3 is 0 Å². The summed E-state index contributed by atoms with van der Waals surface area (Å²) in [4.78, 5) is 10.3. The van der Waals surface area contributed by atoms with Gasteiger partial charge in [-0.15, -0.1) is 0 Å². The standard InChI is InChI=1S/C16H23N5O3/c1-12-19-15(20-24-12)11-18-16(17-2)21(3)9-10-23-14-7-5-13(22-4)6-8-14/h5-8H,9-11H2,1-4H3,(H,17,18). The fourth-order valence-electron chi connectivity index (χ4n) is 2.03. The Morgan fingerprint density at radius 3 is 2.58 bits per heavy atom. The van der Waals surface area contributed by atoms with Gasteiger partial charge in [0.05, 0.1) is 20.2 Å². The van der Waals surface area contributed by atoms with Gasteiger partial charge in [-0.3, -0.25) is 4.99 Å². The number of aliphatic imine (C=N–C) groups is 1. The maximum atomic E-state index is 5.72. The van der Waals surface area contributed by atoms with E-state index in [2.05, 4.69) is 20.4 Å². The molecule has 2 rings (SSSR count). The number of hydrogen-bond acceptors (Lipinski definition) is 6. The molecule has 130 valence electrons. The van der Waals surface area contributed by atoms with Crippen LogP contribution in [0.1, 0.15) is 11.7 Å². The van der Waals surface area contributed by atoms with E-state index in [4.69, 9.17) is 14.0 Å². The molecule has 0 spiro atoms. The van der Waals surface area contributed by atoms with Gasteiger partial charge in [-0.05, 0) is 24.3 Å². The van der Waals surface area contributed by atoms with E-state index >= 15 is 0 Å². The minimum absolute atomic E-state index is 0.452. The van der Waals surface area contributed by atoms with Crippen molar-refractivity contribution in [3.63, 3.8) is 0 Å². The molecule has 0 bridgehead atoms. The van der Waals surface area contributed by atoms with Crippen LogP contribution in [0.4, 0.5) is 0 Å². The Bertz CT molecular complexity index is 654. The van der Waals surface area contributed by atoms with Crippen LogP contribution in [-0.2, 0) is 6.54 Å². The molecule has 1 aromatic heterocycles. The molecule has 1 N–H and O–H groups in total. The van der Waals surface area contributed by atoms with Crippen LogP contribution in [0, 0.1) is 6.92 Å². The number of ether oxygens (including phenoxy) is 2. The molecule has 1 heterocycles. The number of nitrogens with one attached hydrogen (secondary N) is 1. The molecule has 0 saturated carbocycles. The van der Waals surface area contributed by atoms with Crippen LogP contribution in [0.3, 0.4) is 0 Å². The van der Waals surface area contributed by atoms with Gasteiger partial charge in [-0.25, -0.2) is 0 Å². The predicted octanol–water partition coefficient (Wildman–Crippen LogP) is 1.47. The van der Waals surface area contributed by atoms with E-state index in [9.17, 15) is 0 Å². The molecule has 8 heteroatoms. The van der Waals surface area contributed by atoms with Gasteiger partial charge in [-0.1, -0.05) is 5.16 Å². The SMILES string of the molecule is CN=C(NCc1noc(C)n1)N(C)CCOc1ccc(OC)cc1. The van der Waals surface area contributed by atoms with Crippen molar-refractivity contribution in [1.29, 1.82) is 0 Å². The number of guanidine groups is 1. The smallest absolute Gasteiger partial charge is 0.223 e. The molecule has 0 amide bonds. The van der Waals surface area contributed by atoms with Crippen molar-refractivity contribution in [2.24, 2.45) is 4.99 Å². The van der Waals surface area contributed by atoms with E-state index in [1.165, 1.54) is 0 Å². The van der Waals surface area contributed by atoms with Crippen molar-refractivity contribution < 1.29 is 14.0 Å². The molecule has 0 radical (unpaired) electrons. The van der Waals surface area contributed by atoms with E-state index in [1.807, 2.05) is 36.2 Å². The van der Waals surface area contributed by atoms with Crippen molar-refractivity contribution in [3.8, 4) is 11.5 Å². The quantitative estimate of drug-likeness (QED) is 0.606. The number of nitrogens with zero attached hydrogens (tertiary/aromatic N) is 4. The molecule has 0 fully saturated rings. The van der Waals surface area contributed by atoms with Gasteiger partial charge in [0, 0.05) is 21.0 Å².